The average Bonchev–Trinajstić information content (AvgIpc) is 2.68. The van der Waals surface area contributed by atoms with E-state index < -0.39 is 0 Å². The lowest BCUT2D eigenvalue weighted by molar-refractivity contribution is 0.171. The number of rotatable bonds is 5. The minimum Gasteiger partial charge on any atom is -0.486 e. The minimum atomic E-state index is -0.254. The summed E-state index contributed by atoms with van der Waals surface area (Å²) < 4.78 is 24.0. The molecule has 0 atom stereocenters. The van der Waals surface area contributed by atoms with Crippen molar-refractivity contribution < 1.29 is 13.9 Å². The van der Waals surface area contributed by atoms with Crippen molar-refractivity contribution in [2.24, 2.45) is 0 Å². The zero-order valence-electron chi connectivity index (χ0n) is 13.9. The van der Waals surface area contributed by atoms with Crippen LogP contribution < -0.4 is 20.1 Å². The number of fused-ring (bicyclic) bond motifs is 1. The Morgan fingerprint density at radius 1 is 0.962 bits per heavy atom. The molecule has 2 N–H and O–H groups in total. The zero-order chi connectivity index (χ0) is 17.8. The number of benzene rings is 2. The molecule has 0 unspecified atom stereocenters. The molecule has 0 spiro atoms. The molecule has 1 aliphatic rings. The summed E-state index contributed by atoms with van der Waals surface area (Å²) in [5, 5.41) is 6.35. The first-order valence-corrected chi connectivity index (χ1v) is 8.24. The first-order valence-electron chi connectivity index (χ1n) is 8.24. The lowest BCUT2D eigenvalue weighted by Crippen LogP contribution is -2.15. The van der Waals surface area contributed by atoms with E-state index in [4.69, 9.17) is 9.47 Å². The maximum absolute atomic E-state index is 12.9. The Kier molecular flexibility index (Phi) is 4.51. The van der Waals surface area contributed by atoms with Crippen LogP contribution in [0.15, 0.2) is 54.7 Å². The molecule has 132 valence electrons. The van der Waals surface area contributed by atoms with E-state index in [1.54, 1.807) is 24.4 Å². The molecule has 26 heavy (non-hydrogen) atoms. The fourth-order valence-electron chi connectivity index (χ4n) is 2.57. The second-order valence-corrected chi connectivity index (χ2v) is 5.73. The van der Waals surface area contributed by atoms with Crippen molar-refractivity contribution in [3.63, 3.8) is 0 Å². The average molecular weight is 352 g/mol. The maximum atomic E-state index is 12.9. The largest absolute Gasteiger partial charge is 0.486 e. The van der Waals surface area contributed by atoms with Crippen molar-refractivity contribution in [2.45, 2.75) is 6.54 Å². The number of hydrogen-bond donors (Lipinski definition) is 2. The molecule has 0 bridgehead atoms. The highest BCUT2D eigenvalue weighted by Gasteiger charge is 2.12. The summed E-state index contributed by atoms with van der Waals surface area (Å²) in [5.74, 6) is 2.34. The second kappa shape index (κ2) is 7.26. The van der Waals surface area contributed by atoms with Gasteiger partial charge in [-0.15, -0.1) is 0 Å². The van der Waals surface area contributed by atoms with Crippen LogP contribution in [0.2, 0.25) is 0 Å². The topological polar surface area (TPSA) is 68.3 Å². The van der Waals surface area contributed by atoms with Gasteiger partial charge in [-0.25, -0.2) is 9.37 Å². The molecule has 0 aliphatic carbocycles. The second-order valence-electron chi connectivity index (χ2n) is 5.73. The Morgan fingerprint density at radius 3 is 2.62 bits per heavy atom. The van der Waals surface area contributed by atoms with Gasteiger partial charge in [0.25, 0.3) is 0 Å². The van der Waals surface area contributed by atoms with Gasteiger partial charge in [-0.3, -0.25) is 0 Å². The first-order chi connectivity index (χ1) is 12.8. The van der Waals surface area contributed by atoms with Gasteiger partial charge in [-0.05, 0) is 35.9 Å². The molecular weight excluding hydrogens is 335 g/mol. The summed E-state index contributed by atoms with van der Waals surface area (Å²) in [6.07, 6.45) is 1.67. The van der Waals surface area contributed by atoms with Gasteiger partial charge in [0.05, 0.1) is 0 Å². The smallest absolute Gasteiger partial charge is 0.224 e. The van der Waals surface area contributed by atoms with Crippen molar-refractivity contribution in [3.8, 4) is 11.5 Å². The predicted octanol–water partition coefficient (Wildman–Crippen LogP) is 3.74. The molecule has 2 heterocycles. The van der Waals surface area contributed by atoms with Crippen LogP contribution in [0, 0.1) is 5.82 Å². The third-order valence-corrected chi connectivity index (χ3v) is 3.83. The van der Waals surface area contributed by atoms with Gasteiger partial charge in [0.15, 0.2) is 11.5 Å². The zero-order valence-corrected chi connectivity index (χ0v) is 13.9. The Morgan fingerprint density at radius 2 is 1.77 bits per heavy atom. The molecule has 3 aromatic rings. The number of ether oxygens (including phenoxy) is 2. The molecule has 2 aromatic carbocycles. The van der Waals surface area contributed by atoms with E-state index in [0.717, 1.165) is 17.0 Å². The number of aromatic nitrogens is 2. The van der Waals surface area contributed by atoms with E-state index in [0.29, 0.717) is 37.3 Å². The summed E-state index contributed by atoms with van der Waals surface area (Å²) in [6, 6.07) is 13.7. The highest BCUT2D eigenvalue weighted by molar-refractivity contribution is 5.62. The Balaban J connectivity index is 1.43. The van der Waals surface area contributed by atoms with Crippen LogP contribution in [0.4, 0.5) is 21.8 Å². The van der Waals surface area contributed by atoms with Gasteiger partial charge in [0.1, 0.15) is 24.8 Å². The lowest BCUT2D eigenvalue weighted by Gasteiger charge is -2.19. The number of nitrogens with zero attached hydrogens (tertiary/aromatic N) is 2. The molecule has 0 radical (unpaired) electrons. The standard InChI is InChI=1S/C19H17FN4O2/c20-14-3-1-13(2-4-14)12-22-19-21-8-7-18(24-19)23-15-5-6-16-17(11-15)26-10-9-25-16/h1-8,11H,9-10,12H2,(H2,21,22,23,24). The Bertz CT molecular complexity index is 902. The number of hydrogen-bond acceptors (Lipinski definition) is 6. The van der Waals surface area contributed by atoms with E-state index >= 15 is 0 Å². The minimum absolute atomic E-state index is 0.254. The van der Waals surface area contributed by atoms with Crippen LogP contribution in [0.25, 0.3) is 0 Å². The van der Waals surface area contributed by atoms with Crippen molar-refractivity contribution in [1.82, 2.24) is 9.97 Å². The third kappa shape index (κ3) is 3.83. The van der Waals surface area contributed by atoms with Crippen LogP contribution in [0.5, 0.6) is 11.5 Å². The van der Waals surface area contributed by atoms with Crippen molar-refractivity contribution in [1.29, 1.82) is 0 Å². The van der Waals surface area contributed by atoms with Gasteiger partial charge in [0, 0.05) is 24.5 Å². The fraction of sp³-hybridized carbons (Fsp3) is 0.158. The molecule has 0 amide bonds. The third-order valence-electron chi connectivity index (χ3n) is 3.83. The molecule has 7 heteroatoms. The molecule has 1 aliphatic heterocycles. The highest BCUT2D eigenvalue weighted by Crippen LogP contribution is 2.33. The van der Waals surface area contributed by atoms with Crippen molar-refractivity contribution in [3.05, 3.63) is 66.1 Å². The summed E-state index contributed by atoms with van der Waals surface area (Å²) >= 11 is 0. The molecule has 0 fully saturated rings. The van der Waals surface area contributed by atoms with E-state index in [-0.39, 0.29) is 5.82 Å². The van der Waals surface area contributed by atoms with Crippen molar-refractivity contribution in [2.75, 3.05) is 23.8 Å². The predicted molar refractivity (Wildman–Crippen MR) is 96.5 cm³/mol. The van der Waals surface area contributed by atoms with Gasteiger partial charge in [-0.1, -0.05) is 12.1 Å². The number of halogens is 1. The van der Waals surface area contributed by atoms with Crippen LogP contribution in [0.1, 0.15) is 5.56 Å². The number of nitrogens with one attached hydrogen (secondary N) is 2. The molecule has 0 saturated carbocycles. The molecular formula is C19H17FN4O2. The van der Waals surface area contributed by atoms with E-state index in [9.17, 15) is 4.39 Å². The number of anilines is 3. The SMILES string of the molecule is Fc1ccc(CNc2nccc(Nc3ccc4c(c3)OCCO4)n2)cc1. The molecule has 0 saturated heterocycles. The summed E-state index contributed by atoms with van der Waals surface area (Å²) in [4.78, 5) is 8.64. The van der Waals surface area contributed by atoms with E-state index in [1.807, 2.05) is 18.2 Å². The van der Waals surface area contributed by atoms with Crippen LogP contribution >= 0.6 is 0 Å². The normalized spacial score (nSPS) is 12.5. The lowest BCUT2D eigenvalue weighted by atomic mass is 10.2. The van der Waals surface area contributed by atoms with Crippen LogP contribution in [-0.4, -0.2) is 23.2 Å². The summed E-state index contributed by atoms with van der Waals surface area (Å²) in [6.45, 7) is 1.62. The molecule has 6 nitrogen and oxygen atoms in total. The highest BCUT2D eigenvalue weighted by atomic mass is 19.1. The molecule has 4 rings (SSSR count). The fourth-order valence-corrected chi connectivity index (χ4v) is 2.57. The van der Waals surface area contributed by atoms with Crippen LogP contribution in [-0.2, 0) is 6.54 Å². The van der Waals surface area contributed by atoms with E-state index in [1.165, 1.54) is 12.1 Å². The molecule has 1 aromatic heterocycles. The maximum Gasteiger partial charge on any atom is 0.224 e. The monoisotopic (exact) mass is 352 g/mol. The van der Waals surface area contributed by atoms with E-state index in [2.05, 4.69) is 20.6 Å². The van der Waals surface area contributed by atoms with Gasteiger partial charge >= 0.3 is 0 Å². The summed E-state index contributed by atoms with van der Waals surface area (Å²) in [7, 11) is 0. The first kappa shape index (κ1) is 16.1. The van der Waals surface area contributed by atoms with Crippen LogP contribution in [0.3, 0.4) is 0 Å². The van der Waals surface area contributed by atoms with Gasteiger partial charge in [0.2, 0.25) is 5.95 Å². The van der Waals surface area contributed by atoms with Crippen molar-refractivity contribution >= 4 is 17.5 Å². The van der Waals surface area contributed by atoms with Gasteiger partial charge < -0.3 is 20.1 Å². The Hall–Kier alpha value is -3.35. The quantitative estimate of drug-likeness (QED) is 0.729. The summed E-state index contributed by atoms with van der Waals surface area (Å²) in [5.41, 5.74) is 1.79. The Labute approximate surface area is 150 Å². The van der Waals surface area contributed by atoms with Gasteiger partial charge in [-0.2, -0.15) is 4.98 Å².